The van der Waals surface area contributed by atoms with Gasteiger partial charge in [0.25, 0.3) is 0 Å². The Morgan fingerprint density at radius 1 is 1.11 bits per heavy atom. The predicted octanol–water partition coefficient (Wildman–Crippen LogP) is 4.34. The zero-order chi connectivity index (χ0) is 19.9. The van der Waals surface area contributed by atoms with Crippen LogP contribution in [0.5, 0.6) is 11.5 Å². The lowest BCUT2D eigenvalue weighted by molar-refractivity contribution is -0.113. The molecule has 0 aliphatic rings. The van der Waals surface area contributed by atoms with Gasteiger partial charge in [-0.05, 0) is 31.2 Å². The molecule has 0 atom stereocenters. The van der Waals surface area contributed by atoms with Gasteiger partial charge < -0.3 is 20.1 Å². The van der Waals surface area contributed by atoms with Crippen LogP contribution in [0.3, 0.4) is 0 Å². The molecule has 3 aromatic rings. The molecule has 0 saturated carbocycles. The molecule has 0 aliphatic carbocycles. The minimum atomic E-state index is -0.167. The Kier molecular flexibility index (Phi) is 6.72. The van der Waals surface area contributed by atoms with E-state index in [1.807, 2.05) is 31.2 Å². The van der Waals surface area contributed by atoms with E-state index < -0.39 is 0 Å². The molecule has 1 heterocycles. The topological polar surface area (TPSA) is 85.4 Å². The molecule has 2 N–H and O–H groups in total. The minimum Gasteiger partial charge on any atom is -0.497 e. The van der Waals surface area contributed by atoms with Crippen molar-refractivity contribution in [1.82, 2.24) is 10.2 Å². The van der Waals surface area contributed by atoms with E-state index in [0.29, 0.717) is 26.7 Å². The highest BCUT2D eigenvalue weighted by Crippen LogP contribution is 2.30. The number of benzene rings is 2. The fourth-order valence-corrected chi connectivity index (χ4v) is 3.88. The number of amides is 1. The number of methoxy groups -OCH3 is 2. The molecule has 0 spiro atoms. The summed E-state index contributed by atoms with van der Waals surface area (Å²) in [6, 6.07) is 13.3. The highest BCUT2D eigenvalue weighted by Gasteiger charge is 2.12. The number of nitrogens with one attached hydrogen (secondary N) is 2. The first kappa shape index (κ1) is 20.0. The number of rotatable bonds is 8. The maximum Gasteiger partial charge on any atom is 0.234 e. The molecule has 1 aromatic heterocycles. The Balaban J connectivity index is 1.55. The molecule has 28 heavy (non-hydrogen) atoms. The van der Waals surface area contributed by atoms with Crippen molar-refractivity contribution in [3.8, 4) is 11.5 Å². The summed E-state index contributed by atoms with van der Waals surface area (Å²) in [5.41, 5.74) is 2.70. The van der Waals surface area contributed by atoms with Gasteiger partial charge in [-0.15, -0.1) is 10.2 Å². The summed E-state index contributed by atoms with van der Waals surface area (Å²) in [7, 11) is 3.12. The average Bonchev–Trinajstić information content (AvgIpc) is 3.15. The van der Waals surface area contributed by atoms with E-state index in [-0.39, 0.29) is 11.7 Å². The minimum absolute atomic E-state index is 0.167. The number of carbonyl (C=O) groups excluding carboxylic acids is 1. The molecule has 9 heteroatoms. The number of aryl methyl sites for hydroxylation is 1. The van der Waals surface area contributed by atoms with Crippen molar-refractivity contribution in [2.24, 2.45) is 0 Å². The van der Waals surface area contributed by atoms with Crippen molar-refractivity contribution in [1.29, 1.82) is 0 Å². The number of thioether (sulfide) groups is 1. The second-order valence-electron chi connectivity index (χ2n) is 5.77. The summed E-state index contributed by atoms with van der Waals surface area (Å²) in [5, 5.41) is 15.0. The van der Waals surface area contributed by atoms with E-state index in [4.69, 9.17) is 9.47 Å². The molecule has 0 saturated heterocycles. The van der Waals surface area contributed by atoms with E-state index >= 15 is 0 Å². The third-order valence-electron chi connectivity index (χ3n) is 3.72. The SMILES string of the molecule is COc1ccc(OC)c(NC(=O)CSc2nnc(Nc3ccc(C)cc3)s2)c1. The van der Waals surface area contributed by atoms with Gasteiger partial charge in [-0.25, -0.2) is 0 Å². The Hall–Kier alpha value is -2.78. The van der Waals surface area contributed by atoms with Crippen LogP contribution in [0.15, 0.2) is 46.8 Å². The number of carbonyl (C=O) groups is 1. The summed E-state index contributed by atoms with van der Waals surface area (Å²) in [6.07, 6.45) is 0. The maximum atomic E-state index is 12.3. The third-order valence-corrected chi connectivity index (χ3v) is 5.69. The van der Waals surface area contributed by atoms with E-state index in [0.717, 1.165) is 5.69 Å². The number of hydrogen-bond acceptors (Lipinski definition) is 8. The number of ether oxygens (including phenoxy) is 2. The van der Waals surface area contributed by atoms with Gasteiger partial charge in [0, 0.05) is 11.8 Å². The zero-order valence-electron chi connectivity index (χ0n) is 15.7. The normalized spacial score (nSPS) is 10.4. The Morgan fingerprint density at radius 2 is 1.89 bits per heavy atom. The highest BCUT2D eigenvalue weighted by molar-refractivity contribution is 8.01. The van der Waals surface area contributed by atoms with E-state index in [1.54, 1.807) is 32.4 Å². The van der Waals surface area contributed by atoms with Crippen LogP contribution in [0.25, 0.3) is 0 Å². The number of hydrogen-bond donors (Lipinski definition) is 2. The lowest BCUT2D eigenvalue weighted by atomic mass is 10.2. The van der Waals surface area contributed by atoms with Crippen molar-refractivity contribution in [3.05, 3.63) is 48.0 Å². The van der Waals surface area contributed by atoms with Crippen LogP contribution in [0.2, 0.25) is 0 Å². The molecule has 0 aliphatic heterocycles. The summed E-state index contributed by atoms with van der Waals surface area (Å²) < 4.78 is 11.2. The summed E-state index contributed by atoms with van der Waals surface area (Å²) in [5.74, 6) is 1.25. The molecule has 2 aromatic carbocycles. The molecule has 0 bridgehead atoms. The van der Waals surface area contributed by atoms with Crippen LogP contribution >= 0.6 is 23.1 Å². The lowest BCUT2D eigenvalue weighted by Gasteiger charge is -2.11. The van der Waals surface area contributed by atoms with Gasteiger partial charge in [0.15, 0.2) is 4.34 Å². The maximum absolute atomic E-state index is 12.3. The molecule has 0 fully saturated rings. The first-order valence-corrected chi connectivity index (χ1v) is 10.2. The fraction of sp³-hybridized carbons (Fsp3) is 0.211. The third kappa shape index (κ3) is 5.37. The van der Waals surface area contributed by atoms with Crippen molar-refractivity contribution in [2.45, 2.75) is 11.3 Å². The van der Waals surface area contributed by atoms with Crippen molar-refractivity contribution in [3.63, 3.8) is 0 Å². The first-order valence-electron chi connectivity index (χ1n) is 8.39. The molecular formula is C19H20N4O3S2. The van der Waals surface area contributed by atoms with Crippen LogP contribution in [0.1, 0.15) is 5.56 Å². The van der Waals surface area contributed by atoms with Crippen LogP contribution < -0.4 is 20.1 Å². The Labute approximate surface area is 171 Å². The standard InChI is InChI=1S/C19H20N4O3S2/c1-12-4-6-13(7-5-12)20-18-22-23-19(28-18)27-11-17(24)21-15-10-14(25-2)8-9-16(15)26-3/h4-10H,11H2,1-3H3,(H,20,22)(H,21,24). The molecule has 3 rings (SSSR count). The second-order valence-corrected chi connectivity index (χ2v) is 7.97. The number of aromatic nitrogens is 2. The van der Waals surface area contributed by atoms with Crippen LogP contribution in [0, 0.1) is 6.92 Å². The van der Waals surface area contributed by atoms with Gasteiger partial charge in [0.2, 0.25) is 11.0 Å². The van der Waals surface area contributed by atoms with Gasteiger partial charge in [-0.1, -0.05) is 40.8 Å². The quantitative estimate of drug-likeness (QED) is 0.528. The molecule has 1 amide bonds. The molecule has 0 unspecified atom stereocenters. The molecule has 146 valence electrons. The van der Waals surface area contributed by atoms with Gasteiger partial charge in [-0.2, -0.15) is 0 Å². The lowest BCUT2D eigenvalue weighted by Crippen LogP contribution is -2.14. The van der Waals surface area contributed by atoms with Crippen molar-refractivity contribution < 1.29 is 14.3 Å². The second kappa shape index (κ2) is 9.43. The van der Waals surface area contributed by atoms with E-state index in [9.17, 15) is 4.79 Å². The van der Waals surface area contributed by atoms with Gasteiger partial charge >= 0.3 is 0 Å². The van der Waals surface area contributed by atoms with E-state index in [2.05, 4.69) is 20.8 Å². The van der Waals surface area contributed by atoms with Crippen LogP contribution in [-0.4, -0.2) is 36.1 Å². The van der Waals surface area contributed by atoms with Gasteiger partial charge in [-0.3, -0.25) is 4.79 Å². The van der Waals surface area contributed by atoms with Crippen LogP contribution in [0.4, 0.5) is 16.5 Å². The van der Waals surface area contributed by atoms with Crippen LogP contribution in [-0.2, 0) is 4.79 Å². The number of anilines is 3. The molecule has 7 nitrogen and oxygen atoms in total. The van der Waals surface area contributed by atoms with Gasteiger partial charge in [0.1, 0.15) is 11.5 Å². The average molecular weight is 417 g/mol. The smallest absolute Gasteiger partial charge is 0.234 e. The predicted molar refractivity (Wildman–Crippen MR) is 113 cm³/mol. The van der Waals surface area contributed by atoms with Crippen molar-refractivity contribution >= 4 is 45.5 Å². The van der Waals surface area contributed by atoms with Crippen molar-refractivity contribution in [2.75, 3.05) is 30.6 Å². The summed E-state index contributed by atoms with van der Waals surface area (Å²) >= 11 is 2.72. The fourth-order valence-electron chi connectivity index (χ4n) is 2.30. The molecule has 0 radical (unpaired) electrons. The Morgan fingerprint density at radius 3 is 2.61 bits per heavy atom. The highest BCUT2D eigenvalue weighted by atomic mass is 32.2. The summed E-state index contributed by atoms with van der Waals surface area (Å²) in [6.45, 7) is 2.04. The zero-order valence-corrected chi connectivity index (χ0v) is 17.3. The van der Waals surface area contributed by atoms with Gasteiger partial charge in [0.05, 0.1) is 25.7 Å². The first-order chi connectivity index (χ1) is 13.6. The Bertz CT molecular complexity index is 945. The monoisotopic (exact) mass is 416 g/mol. The number of nitrogens with zero attached hydrogens (tertiary/aromatic N) is 2. The summed E-state index contributed by atoms with van der Waals surface area (Å²) in [4.78, 5) is 12.3. The largest absolute Gasteiger partial charge is 0.497 e. The molecular weight excluding hydrogens is 396 g/mol. The van der Waals surface area contributed by atoms with E-state index in [1.165, 1.54) is 28.7 Å².